The van der Waals surface area contributed by atoms with Gasteiger partial charge in [-0.05, 0) is 49.1 Å². The summed E-state index contributed by atoms with van der Waals surface area (Å²) in [5.41, 5.74) is -1.22. The summed E-state index contributed by atoms with van der Waals surface area (Å²) in [5.74, 6) is 0.396. The number of nitro benzene ring substituents is 3. The van der Waals surface area contributed by atoms with Crippen LogP contribution in [0.25, 0.3) is 0 Å². The Morgan fingerprint density at radius 3 is 1.81 bits per heavy atom. The SMILES string of the molecule is CC(C)(C)C1CCC(c2ccccn2)CC1.O=[N+]([O-])c1cc([N+](=O)[O-])c(O)c([N+](=O)[O-])c1. The number of non-ortho nitro benzene ring substituents is 1. The first-order chi connectivity index (χ1) is 14.9. The van der Waals surface area contributed by atoms with Crippen molar-refractivity contribution in [2.24, 2.45) is 11.3 Å². The third-order valence-corrected chi connectivity index (χ3v) is 5.72. The highest BCUT2D eigenvalue weighted by Gasteiger charge is 2.31. The predicted molar refractivity (Wildman–Crippen MR) is 116 cm³/mol. The molecular formula is C21H26N4O7. The zero-order valence-electron chi connectivity index (χ0n) is 18.1. The van der Waals surface area contributed by atoms with E-state index >= 15 is 0 Å². The van der Waals surface area contributed by atoms with Crippen LogP contribution in [0.15, 0.2) is 36.5 Å². The molecule has 32 heavy (non-hydrogen) atoms. The number of aromatic hydroxyl groups is 1. The quantitative estimate of drug-likeness (QED) is 0.474. The van der Waals surface area contributed by atoms with Crippen LogP contribution in [0.4, 0.5) is 17.1 Å². The lowest BCUT2D eigenvalue weighted by atomic mass is 9.69. The first-order valence-corrected chi connectivity index (χ1v) is 10.1. The van der Waals surface area contributed by atoms with E-state index in [1.807, 2.05) is 12.3 Å². The lowest BCUT2D eigenvalue weighted by molar-refractivity contribution is -0.404. The van der Waals surface area contributed by atoms with Gasteiger partial charge in [0.2, 0.25) is 0 Å². The molecule has 2 aromatic rings. The van der Waals surface area contributed by atoms with Gasteiger partial charge in [0.25, 0.3) is 11.4 Å². The third-order valence-electron chi connectivity index (χ3n) is 5.72. The van der Waals surface area contributed by atoms with Crippen LogP contribution in [-0.4, -0.2) is 24.9 Å². The zero-order valence-corrected chi connectivity index (χ0v) is 18.1. The zero-order chi connectivity index (χ0) is 24.1. The minimum Gasteiger partial charge on any atom is -0.497 e. The van der Waals surface area contributed by atoms with E-state index in [0.717, 1.165) is 5.92 Å². The summed E-state index contributed by atoms with van der Waals surface area (Å²) < 4.78 is 0. The fourth-order valence-corrected chi connectivity index (χ4v) is 3.85. The van der Waals surface area contributed by atoms with Crippen molar-refractivity contribution < 1.29 is 19.9 Å². The van der Waals surface area contributed by atoms with Crippen LogP contribution >= 0.6 is 0 Å². The first kappa shape index (κ1) is 24.6. The second-order valence-corrected chi connectivity index (χ2v) is 8.77. The van der Waals surface area contributed by atoms with Gasteiger partial charge in [-0.2, -0.15) is 0 Å². The van der Waals surface area contributed by atoms with Crippen LogP contribution in [0.5, 0.6) is 5.75 Å². The summed E-state index contributed by atoms with van der Waals surface area (Å²) in [6.45, 7) is 7.12. The normalized spacial score (nSPS) is 18.2. The van der Waals surface area contributed by atoms with Gasteiger partial charge in [-0.15, -0.1) is 0 Å². The standard InChI is InChI=1S/C15H23N.C6H3N3O7/c1-15(2,3)13-9-7-12(8-10-13)14-6-4-5-11-16-14;10-6-4(8(13)14)1-3(7(11)12)2-5(6)9(15)16/h4-6,11-13H,7-10H2,1-3H3;1-2,10H. The summed E-state index contributed by atoms with van der Waals surface area (Å²) in [6.07, 6.45) is 7.29. The van der Waals surface area contributed by atoms with Crippen molar-refractivity contribution in [2.75, 3.05) is 0 Å². The van der Waals surface area contributed by atoms with Gasteiger partial charge in [0.15, 0.2) is 0 Å². The van der Waals surface area contributed by atoms with Crippen molar-refractivity contribution in [3.63, 3.8) is 0 Å². The number of phenolic OH excluding ortho intramolecular Hbond substituents is 1. The van der Waals surface area contributed by atoms with Gasteiger partial charge in [-0.3, -0.25) is 35.3 Å². The van der Waals surface area contributed by atoms with E-state index in [0.29, 0.717) is 23.5 Å². The molecule has 11 nitrogen and oxygen atoms in total. The van der Waals surface area contributed by atoms with Gasteiger partial charge in [0, 0.05) is 17.8 Å². The molecule has 0 atom stereocenters. The lowest BCUT2D eigenvalue weighted by Crippen LogP contribution is -2.25. The molecular weight excluding hydrogens is 420 g/mol. The number of nitrogens with zero attached hydrogens (tertiary/aromatic N) is 4. The monoisotopic (exact) mass is 446 g/mol. The second-order valence-electron chi connectivity index (χ2n) is 8.77. The molecule has 0 amide bonds. The third kappa shape index (κ3) is 6.19. The van der Waals surface area contributed by atoms with Crippen molar-refractivity contribution in [2.45, 2.75) is 52.4 Å². The van der Waals surface area contributed by atoms with Gasteiger partial charge < -0.3 is 5.11 Å². The highest BCUT2D eigenvalue weighted by atomic mass is 16.6. The molecule has 11 heteroatoms. The maximum absolute atomic E-state index is 10.4. The van der Waals surface area contributed by atoms with E-state index in [4.69, 9.17) is 5.11 Å². The Morgan fingerprint density at radius 2 is 1.44 bits per heavy atom. The van der Waals surface area contributed by atoms with E-state index in [-0.39, 0.29) is 0 Å². The average molecular weight is 446 g/mol. The van der Waals surface area contributed by atoms with Crippen molar-refractivity contribution in [1.82, 2.24) is 4.98 Å². The average Bonchev–Trinajstić information content (AvgIpc) is 2.74. The number of nitro groups is 3. The molecule has 0 radical (unpaired) electrons. The minimum absolute atomic E-state index is 0.447. The molecule has 1 N–H and O–H groups in total. The number of pyridine rings is 1. The summed E-state index contributed by atoms with van der Waals surface area (Å²) in [6, 6.07) is 7.19. The largest absolute Gasteiger partial charge is 0.497 e. The maximum Gasteiger partial charge on any atom is 0.324 e. The van der Waals surface area contributed by atoms with Crippen molar-refractivity contribution in [3.05, 3.63) is 72.6 Å². The van der Waals surface area contributed by atoms with Crippen LogP contribution in [0.1, 0.15) is 58.1 Å². The van der Waals surface area contributed by atoms with Crippen LogP contribution in [0.3, 0.4) is 0 Å². The molecule has 1 aliphatic carbocycles. The Hall–Kier alpha value is -3.63. The van der Waals surface area contributed by atoms with Crippen molar-refractivity contribution in [3.8, 4) is 5.75 Å². The Labute approximate surface area is 184 Å². The highest BCUT2D eigenvalue weighted by Crippen LogP contribution is 2.42. The fraction of sp³-hybridized carbons (Fsp3) is 0.476. The Balaban J connectivity index is 0.000000227. The molecule has 0 spiro atoms. The maximum atomic E-state index is 10.4. The van der Waals surface area contributed by atoms with Crippen molar-refractivity contribution in [1.29, 1.82) is 0 Å². The summed E-state index contributed by atoms with van der Waals surface area (Å²) in [5, 5.41) is 40.2. The van der Waals surface area contributed by atoms with E-state index in [9.17, 15) is 30.3 Å². The molecule has 1 aromatic heterocycles. The number of hydrogen-bond acceptors (Lipinski definition) is 8. The van der Waals surface area contributed by atoms with Gasteiger partial charge >= 0.3 is 11.4 Å². The number of hydrogen-bond donors (Lipinski definition) is 1. The molecule has 3 rings (SSSR count). The second kappa shape index (κ2) is 10.1. The topological polar surface area (TPSA) is 163 Å². The molecule has 0 bridgehead atoms. The molecule has 1 heterocycles. The number of aromatic nitrogens is 1. The van der Waals surface area contributed by atoms with Crippen LogP contribution in [0, 0.1) is 41.7 Å². The van der Waals surface area contributed by atoms with Gasteiger partial charge in [-0.25, -0.2) is 0 Å². The first-order valence-electron chi connectivity index (χ1n) is 10.1. The molecule has 172 valence electrons. The Kier molecular flexibility index (Phi) is 7.79. The van der Waals surface area contributed by atoms with Crippen LogP contribution < -0.4 is 0 Å². The van der Waals surface area contributed by atoms with E-state index in [2.05, 4.69) is 37.9 Å². The smallest absolute Gasteiger partial charge is 0.324 e. The molecule has 1 fully saturated rings. The molecule has 1 saturated carbocycles. The summed E-state index contributed by atoms with van der Waals surface area (Å²) in [7, 11) is 0. The Bertz CT molecular complexity index is 946. The number of rotatable bonds is 4. The van der Waals surface area contributed by atoms with Crippen LogP contribution in [0.2, 0.25) is 0 Å². The predicted octanol–water partition coefficient (Wildman–Crippen LogP) is 5.52. The molecule has 1 aromatic carbocycles. The van der Waals surface area contributed by atoms with Crippen molar-refractivity contribution >= 4 is 17.1 Å². The van der Waals surface area contributed by atoms with Gasteiger partial charge in [0.05, 0.1) is 26.9 Å². The number of phenols is 1. The van der Waals surface area contributed by atoms with Gasteiger partial charge in [0.1, 0.15) is 0 Å². The lowest BCUT2D eigenvalue weighted by Gasteiger charge is -2.36. The van der Waals surface area contributed by atoms with E-state index in [1.165, 1.54) is 31.4 Å². The molecule has 1 aliphatic rings. The van der Waals surface area contributed by atoms with Crippen LogP contribution in [-0.2, 0) is 0 Å². The molecule has 0 unspecified atom stereocenters. The minimum atomic E-state index is -1.21. The van der Waals surface area contributed by atoms with Gasteiger partial charge in [-0.1, -0.05) is 26.8 Å². The number of benzene rings is 1. The molecule has 0 aliphatic heterocycles. The fourth-order valence-electron chi connectivity index (χ4n) is 3.85. The van der Waals surface area contributed by atoms with E-state index in [1.54, 1.807) is 0 Å². The summed E-state index contributed by atoms with van der Waals surface area (Å²) >= 11 is 0. The molecule has 0 saturated heterocycles. The highest BCUT2D eigenvalue weighted by molar-refractivity contribution is 5.64. The summed E-state index contributed by atoms with van der Waals surface area (Å²) in [4.78, 5) is 32.3. The Morgan fingerprint density at radius 1 is 0.906 bits per heavy atom. The van der Waals surface area contributed by atoms with E-state index < -0.39 is 37.6 Å².